The van der Waals surface area contributed by atoms with Crippen molar-refractivity contribution in [2.24, 2.45) is 7.05 Å². The summed E-state index contributed by atoms with van der Waals surface area (Å²) in [5, 5.41) is 6.89. The van der Waals surface area contributed by atoms with Crippen LogP contribution in [0.15, 0.2) is 34.7 Å². The second-order valence-electron chi connectivity index (χ2n) is 5.29. The molecule has 3 rings (SSSR count). The first-order chi connectivity index (χ1) is 10.5. The van der Waals surface area contributed by atoms with E-state index in [4.69, 9.17) is 21.4 Å². The van der Waals surface area contributed by atoms with Crippen LogP contribution in [0.5, 0.6) is 5.75 Å². The third-order valence-corrected chi connectivity index (χ3v) is 3.70. The van der Waals surface area contributed by atoms with E-state index in [1.54, 1.807) is 4.57 Å². The molecule has 0 bridgehead atoms. The summed E-state index contributed by atoms with van der Waals surface area (Å²) >= 11 is 5.10. The van der Waals surface area contributed by atoms with Crippen molar-refractivity contribution in [3.8, 4) is 17.3 Å². The average molecular weight is 315 g/mol. The molecule has 0 unspecified atom stereocenters. The zero-order valence-electron chi connectivity index (χ0n) is 12.7. The number of aryl methyl sites for hydroxylation is 2. The summed E-state index contributed by atoms with van der Waals surface area (Å²) in [6.45, 7) is 4.47. The highest BCUT2D eigenvalue weighted by molar-refractivity contribution is 7.71. The lowest BCUT2D eigenvalue weighted by atomic mass is 10.1. The molecule has 5 nitrogen and oxygen atoms in total. The molecule has 3 aromatic rings. The van der Waals surface area contributed by atoms with Crippen LogP contribution in [0.3, 0.4) is 0 Å². The number of aromatic amines is 1. The van der Waals surface area contributed by atoms with Crippen molar-refractivity contribution in [1.29, 1.82) is 0 Å². The third kappa shape index (κ3) is 2.96. The van der Waals surface area contributed by atoms with Gasteiger partial charge in [0.05, 0.1) is 0 Å². The van der Waals surface area contributed by atoms with Crippen LogP contribution in [-0.4, -0.2) is 14.8 Å². The number of nitrogens with zero attached hydrogens (tertiary/aromatic N) is 2. The van der Waals surface area contributed by atoms with Gasteiger partial charge in [0.15, 0.2) is 16.4 Å². The standard InChI is InChI=1S/C16H17N3O2S/c1-10-6-11(2)8-13(7-10)20-9-12-4-5-14(21-12)15-17-18-16(22)19(15)3/h4-8H,9H2,1-3H3,(H,18,22). The fourth-order valence-electron chi connectivity index (χ4n) is 2.31. The fourth-order valence-corrected chi connectivity index (χ4v) is 2.45. The topological polar surface area (TPSA) is 56.0 Å². The van der Waals surface area contributed by atoms with E-state index in [9.17, 15) is 0 Å². The molecule has 1 N–H and O–H groups in total. The molecule has 1 aromatic carbocycles. The van der Waals surface area contributed by atoms with Crippen LogP contribution < -0.4 is 4.74 Å². The lowest BCUT2D eigenvalue weighted by Gasteiger charge is -2.06. The molecule has 0 saturated heterocycles. The van der Waals surface area contributed by atoms with Crippen molar-refractivity contribution in [1.82, 2.24) is 14.8 Å². The molecule has 0 aliphatic rings. The Balaban J connectivity index is 1.74. The average Bonchev–Trinajstić information content (AvgIpc) is 3.04. The van der Waals surface area contributed by atoms with Gasteiger partial charge in [0.1, 0.15) is 18.1 Å². The molecule has 22 heavy (non-hydrogen) atoms. The van der Waals surface area contributed by atoms with Crippen molar-refractivity contribution in [3.63, 3.8) is 0 Å². The number of benzene rings is 1. The Hall–Kier alpha value is -2.34. The number of H-pyrrole nitrogens is 1. The summed E-state index contributed by atoms with van der Waals surface area (Å²) in [6, 6.07) is 9.88. The van der Waals surface area contributed by atoms with Crippen LogP contribution in [0, 0.1) is 18.6 Å². The molecule has 0 spiro atoms. The second kappa shape index (κ2) is 5.81. The first kappa shape index (κ1) is 14.6. The highest BCUT2D eigenvalue weighted by Gasteiger charge is 2.11. The third-order valence-electron chi connectivity index (χ3n) is 3.34. The molecule has 0 saturated carbocycles. The van der Waals surface area contributed by atoms with E-state index in [1.807, 2.05) is 31.3 Å². The first-order valence-electron chi connectivity index (χ1n) is 6.94. The van der Waals surface area contributed by atoms with Gasteiger partial charge in [0, 0.05) is 7.05 Å². The second-order valence-corrected chi connectivity index (χ2v) is 5.68. The van der Waals surface area contributed by atoms with Crippen molar-refractivity contribution in [3.05, 3.63) is 52.0 Å². The summed E-state index contributed by atoms with van der Waals surface area (Å²) in [7, 11) is 1.84. The minimum absolute atomic E-state index is 0.373. The Morgan fingerprint density at radius 3 is 2.59 bits per heavy atom. The number of nitrogens with one attached hydrogen (secondary N) is 1. The zero-order chi connectivity index (χ0) is 15.7. The molecular formula is C16H17N3O2S. The Morgan fingerprint density at radius 2 is 1.95 bits per heavy atom. The zero-order valence-corrected chi connectivity index (χ0v) is 13.5. The molecule has 6 heteroatoms. The maximum absolute atomic E-state index is 5.79. The Morgan fingerprint density at radius 1 is 1.23 bits per heavy atom. The predicted molar refractivity (Wildman–Crippen MR) is 86.3 cm³/mol. The van der Waals surface area contributed by atoms with E-state index >= 15 is 0 Å². The number of hydrogen-bond donors (Lipinski definition) is 1. The van der Waals surface area contributed by atoms with Gasteiger partial charge in [-0.05, 0) is 61.5 Å². The van der Waals surface area contributed by atoms with E-state index in [0.717, 1.165) is 11.5 Å². The summed E-state index contributed by atoms with van der Waals surface area (Å²) in [6.07, 6.45) is 0. The van der Waals surface area contributed by atoms with Crippen LogP contribution in [0.4, 0.5) is 0 Å². The van der Waals surface area contributed by atoms with Crippen LogP contribution in [-0.2, 0) is 13.7 Å². The molecule has 2 heterocycles. The number of rotatable bonds is 4. The Kier molecular flexibility index (Phi) is 3.85. The Labute approximate surface area is 133 Å². The van der Waals surface area contributed by atoms with Gasteiger partial charge in [-0.2, -0.15) is 5.10 Å². The van der Waals surface area contributed by atoms with Gasteiger partial charge in [0.2, 0.25) is 0 Å². The number of aromatic nitrogens is 3. The maximum atomic E-state index is 5.79. The van der Waals surface area contributed by atoms with E-state index in [1.165, 1.54) is 11.1 Å². The van der Waals surface area contributed by atoms with Crippen LogP contribution in [0.25, 0.3) is 11.6 Å². The summed E-state index contributed by atoms with van der Waals surface area (Å²) in [5.41, 5.74) is 2.35. The number of ether oxygens (including phenoxy) is 1. The fraction of sp³-hybridized carbons (Fsp3) is 0.250. The van der Waals surface area contributed by atoms with E-state index in [-0.39, 0.29) is 0 Å². The van der Waals surface area contributed by atoms with Gasteiger partial charge in [-0.1, -0.05) is 6.07 Å². The first-order valence-corrected chi connectivity index (χ1v) is 7.35. The lowest BCUT2D eigenvalue weighted by Crippen LogP contribution is -1.95. The normalized spacial score (nSPS) is 10.9. The van der Waals surface area contributed by atoms with Crippen molar-refractivity contribution in [2.75, 3.05) is 0 Å². The molecule has 0 fully saturated rings. The predicted octanol–water partition coefficient (Wildman–Crippen LogP) is 3.93. The quantitative estimate of drug-likeness (QED) is 0.741. The Bertz CT molecular complexity index is 840. The summed E-state index contributed by atoms with van der Waals surface area (Å²) in [5.74, 6) is 2.91. The SMILES string of the molecule is Cc1cc(C)cc(OCc2ccc(-c3n[nH]c(=S)n3C)o2)c1. The molecular weight excluding hydrogens is 298 g/mol. The molecule has 0 aliphatic heterocycles. The van der Waals surface area contributed by atoms with E-state index in [2.05, 4.69) is 30.1 Å². The highest BCUT2D eigenvalue weighted by Crippen LogP contribution is 2.22. The van der Waals surface area contributed by atoms with Gasteiger partial charge < -0.3 is 13.7 Å². The minimum Gasteiger partial charge on any atom is -0.486 e. The molecule has 0 radical (unpaired) electrons. The molecule has 0 atom stereocenters. The number of furan rings is 1. The van der Waals surface area contributed by atoms with E-state index in [0.29, 0.717) is 23.0 Å². The van der Waals surface area contributed by atoms with Crippen molar-refractivity contribution < 1.29 is 9.15 Å². The van der Waals surface area contributed by atoms with E-state index < -0.39 is 0 Å². The van der Waals surface area contributed by atoms with Gasteiger partial charge in [-0.15, -0.1) is 0 Å². The van der Waals surface area contributed by atoms with Crippen molar-refractivity contribution >= 4 is 12.2 Å². The molecule has 114 valence electrons. The summed E-state index contributed by atoms with van der Waals surface area (Å²) < 4.78 is 13.9. The minimum atomic E-state index is 0.373. The molecule has 2 aromatic heterocycles. The van der Waals surface area contributed by atoms with Gasteiger partial charge >= 0.3 is 0 Å². The smallest absolute Gasteiger partial charge is 0.198 e. The van der Waals surface area contributed by atoms with Gasteiger partial charge in [-0.25, -0.2) is 0 Å². The monoisotopic (exact) mass is 315 g/mol. The summed E-state index contributed by atoms with van der Waals surface area (Å²) in [4.78, 5) is 0. The number of hydrogen-bond acceptors (Lipinski definition) is 4. The van der Waals surface area contributed by atoms with Crippen molar-refractivity contribution in [2.45, 2.75) is 20.5 Å². The van der Waals surface area contributed by atoms with Gasteiger partial charge in [0.25, 0.3) is 0 Å². The van der Waals surface area contributed by atoms with Crippen LogP contribution in [0.2, 0.25) is 0 Å². The largest absolute Gasteiger partial charge is 0.486 e. The molecule has 0 aliphatic carbocycles. The van der Waals surface area contributed by atoms with Crippen LogP contribution >= 0.6 is 12.2 Å². The molecule has 0 amide bonds. The maximum Gasteiger partial charge on any atom is 0.198 e. The van der Waals surface area contributed by atoms with Crippen LogP contribution in [0.1, 0.15) is 16.9 Å². The highest BCUT2D eigenvalue weighted by atomic mass is 32.1. The lowest BCUT2D eigenvalue weighted by molar-refractivity contribution is 0.271. The van der Waals surface area contributed by atoms with Gasteiger partial charge in [-0.3, -0.25) is 5.10 Å².